The smallest absolute Gasteiger partial charge is 0.325 e. The lowest BCUT2D eigenvalue weighted by Gasteiger charge is -2.50. The van der Waals surface area contributed by atoms with Gasteiger partial charge in [0.1, 0.15) is 5.75 Å². The first-order chi connectivity index (χ1) is 11.5. The molecule has 4 rings (SSSR count). The zero-order chi connectivity index (χ0) is 16.9. The molecule has 2 bridgehead atoms. The SMILES string of the molecule is CSc1ccccc1N1C(=O)NC2CC1(C)Oc1ccc(Cl)cc12. The van der Waals surface area contributed by atoms with Crippen molar-refractivity contribution in [2.24, 2.45) is 0 Å². The third-order valence-electron chi connectivity index (χ3n) is 4.56. The minimum absolute atomic E-state index is 0.0948. The Hall–Kier alpha value is -1.85. The summed E-state index contributed by atoms with van der Waals surface area (Å²) >= 11 is 7.72. The van der Waals surface area contributed by atoms with E-state index in [1.165, 1.54) is 0 Å². The highest BCUT2D eigenvalue weighted by Gasteiger charge is 2.50. The molecule has 0 saturated carbocycles. The molecule has 2 aliphatic rings. The molecule has 6 heteroatoms. The van der Waals surface area contributed by atoms with Gasteiger partial charge >= 0.3 is 6.03 Å². The molecule has 0 radical (unpaired) electrons. The van der Waals surface area contributed by atoms with Crippen LogP contribution < -0.4 is 15.0 Å². The van der Waals surface area contributed by atoms with E-state index in [0.29, 0.717) is 11.4 Å². The van der Waals surface area contributed by atoms with Crippen LogP contribution in [0.3, 0.4) is 0 Å². The molecule has 0 aliphatic carbocycles. The number of nitrogens with one attached hydrogen (secondary N) is 1. The van der Waals surface area contributed by atoms with Crippen molar-refractivity contribution in [3.8, 4) is 5.75 Å². The number of anilines is 1. The zero-order valence-electron chi connectivity index (χ0n) is 13.4. The maximum atomic E-state index is 12.9. The standard InChI is InChI=1S/C18H17ClN2O2S/c1-18-10-13(12-9-11(19)7-8-15(12)23-18)20-17(22)21(18)14-5-3-4-6-16(14)24-2/h3-9,13H,10H2,1-2H3,(H,20,22). The van der Waals surface area contributed by atoms with Gasteiger partial charge in [-0.15, -0.1) is 11.8 Å². The topological polar surface area (TPSA) is 41.6 Å². The number of hydrogen-bond donors (Lipinski definition) is 1. The number of rotatable bonds is 2. The summed E-state index contributed by atoms with van der Waals surface area (Å²) in [5.74, 6) is 0.768. The van der Waals surface area contributed by atoms with Crippen LogP contribution in [0.1, 0.15) is 24.9 Å². The number of fused-ring (bicyclic) bond motifs is 4. The van der Waals surface area contributed by atoms with E-state index in [9.17, 15) is 4.79 Å². The number of hydrogen-bond acceptors (Lipinski definition) is 3. The van der Waals surface area contributed by atoms with Gasteiger partial charge in [0.25, 0.3) is 0 Å². The minimum atomic E-state index is -0.736. The van der Waals surface area contributed by atoms with E-state index >= 15 is 0 Å². The lowest BCUT2D eigenvalue weighted by molar-refractivity contribution is 0.0375. The second kappa shape index (κ2) is 5.60. The highest BCUT2D eigenvalue weighted by Crippen LogP contribution is 2.47. The molecule has 0 aromatic heterocycles. The van der Waals surface area contributed by atoms with Gasteiger partial charge in [-0.05, 0) is 43.5 Å². The Bertz CT molecular complexity index is 828. The maximum Gasteiger partial charge on any atom is 0.325 e. The molecule has 1 fully saturated rings. The van der Waals surface area contributed by atoms with Crippen LogP contribution in [0.5, 0.6) is 5.75 Å². The van der Waals surface area contributed by atoms with Crippen LogP contribution in [0, 0.1) is 0 Å². The Morgan fingerprint density at radius 2 is 2.12 bits per heavy atom. The molecule has 2 heterocycles. The summed E-state index contributed by atoms with van der Waals surface area (Å²) in [6.07, 6.45) is 2.67. The fourth-order valence-corrected chi connectivity index (χ4v) is 4.29. The van der Waals surface area contributed by atoms with Crippen molar-refractivity contribution >= 4 is 35.1 Å². The quantitative estimate of drug-likeness (QED) is 0.780. The number of ether oxygens (including phenoxy) is 1. The van der Waals surface area contributed by atoms with E-state index in [-0.39, 0.29) is 12.1 Å². The van der Waals surface area contributed by atoms with Gasteiger partial charge < -0.3 is 10.1 Å². The van der Waals surface area contributed by atoms with Crippen molar-refractivity contribution in [3.63, 3.8) is 0 Å². The van der Waals surface area contributed by atoms with E-state index in [2.05, 4.69) is 5.32 Å². The normalized spacial score (nSPS) is 24.9. The zero-order valence-corrected chi connectivity index (χ0v) is 14.9. The van der Waals surface area contributed by atoms with Gasteiger partial charge in [0.15, 0.2) is 5.72 Å². The average Bonchev–Trinajstić information content (AvgIpc) is 2.55. The van der Waals surface area contributed by atoms with E-state index < -0.39 is 5.72 Å². The number of benzene rings is 2. The highest BCUT2D eigenvalue weighted by molar-refractivity contribution is 7.98. The summed E-state index contributed by atoms with van der Waals surface area (Å²) in [5, 5.41) is 3.74. The third kappa shape index (κ3) is 2.34. The monoisotopic (exact) mass is 360 g/mol. The Morgan fingerprint density at radius 1 is 1.33 bits per heavy atom. The molecular weight excluding hydrogens is 344 g/mol. The van der Waals surface area contributed by atoms with Crippen molar-refractivity contribution in [2.45, 2.75) is 30.0 Å². The van der Waals surface area contributed by atoms with Gasteiger partial charge in [-0.25, -0.2) is 4.79 Å². The van der Waals surface area contributed by atoms with Gasteiger partial charge in [-0.3, -0.25) is 4.90 Å². The number of thioether (sulfide) groups is 1. The Morgan fingerprint density at radius 3 is 2.92 bits per heavy atom. The minimum Gasteiger partial charge on any atom is -0.467 e. The van der Waals surface area contributed by atoms with Crippen LogP contribution in [0.4, 0.5) is 10.5 Å². The van der Waals surface area contributed by atoms with Crippen molar-refractivity contribution in [1.82, 2.24) is 5.32 Å². The predicted molar refractivity (Wildman–Crippen MR) is 97.1 cm³/mol. The first-order valence-electron chi connectivity index (χ1n) is 7.74. The molecule has 2 amide bonds. The fourth-order valence-electron chi connectivity index (χ4n) is 3.52. The van der Waals surface area contributed by atoms with Crippen molar-refractivity contribution < 1.29 is 9.53 Å². The Balaban J connectivity index is 1.82. The molecule has 4 nitrogen and oxygen atoms in total. The van der Waals surface area contributed by atoms with Crippen LogP contribution in [0.25, 0.3) is 0 Å². The molecule has 0 spiro atoms. The number of amides is 2. The van der Waals surface area contributed by atoms with Gasteiger partial charge in [0, 0.05) is 21.9 Å². The second-order valence-electron chi connectivity index (χ2n) is 6.17. The molecule has 2 aromatic rings. The molecule has 124 valence electrons. The van der Waals surface area contributed by atoms with E-state index in [4.69, 9.17) is 16.3 Å². The van der Waals surface area contributed by atoms with Crippen molar-refractivity contribution in [2.75, 3.05) is 11.2 Å². The van der Waals surface area contributed by atoms with E-state index in [0.717, 1.165) is 21.9 Å². The molecule has 2 aliphatic heterocycles. The molecule has 1 N–H and O–H groups in total. The van der Waals surface area contributed by atoms with Gasteiger partial charge in [0.05, 0.1) is 11.7 Å². The van der Waals surface area contributed by atoms with Gasteiger partial charge in [-0.2, -0.15) is 0 Å². The van der Waals surface area contributed by atoms with Crippen LogP contribution in [0.2, 0.25) is 5.02 Å². The van der Waals surface area contributed by atoms with Crippen LogP contribution in [-0.2, 0) is 0 Å². The highest BCUT2D eigenvalue weighted by atomic mass is 35.5. The number of para-hydroxylation sites is 1. The summed E-state index contributed by atoms with van der Waals surface area (Å²) in [5.41, 5.74) is 1.06. The lowest BCUT2D eigenvalue weighted by Crippen LogP contribution is -2.65. The van der Waals surface area contributed by atoms with E-state index in [1.54, 1.807) is 16.7 Å². The van der Waals surface area contributed by atoms with Gasteiger partial charge in [0.2, 0.25) is 0 Å². The summed E-state index contributed by atoms with van der Waals surface area (Å²) in [7, 11) is 0. The van der Waals surface area contributed by atoms with Crippen LogP contribution in [-0.4, -0.2) is 18.0 Å². The average molecular weight is 361 g/mol. The number of carbonyl (C=O) groups is 1. The summed E-state index contributed by atoms with van der Waals surface area (Å²) < 4.78 is 6.28. The Labute approximate surface area is 150 Å². The molecule has 2 aromatic carbocycles. The molecule has 1 saturated heterocycles. The molecular formula is C18H17ClN2O2S. The fraction of sp³-hybridized carbons (Fsp3) is 0.278. The number of nitrogens with zero attached hydrogens (tertiary/aromatic N) is 1. The van der Waals surface area contributed by atoms with Crippen LogP contribution in [0.15, 0.2) is 47.4 Å². The molecule has 24 heavy (non-hydrogen) atoms. The summed E-state index contributed by atoms with van der Waals surface area (Å²) in [6.45, 7) is 1.97. The number of carbonyl (C=O) groups excluding carboxylic acids is 1. The predicted octanol–water partition coefficient (Wildman–Crippen LogP) is 4.83. The molecule has 2 unspecified atom stereocenters. The Kier molecular flexibility index (Phi) is 3.66. The summed E-state index contributed by atoms with van der Waals surface area (Å²) in [6, 6.07) is 13.2. The number of urea groups is 1. The van der Waals surface area contributed by atoms with Crippen molar-refractivity contribution in [1.29, 1.82) is 0 Å². The third-order valence-corrected chi connectivity index (χ3v) is 5.58. The van der Waals surface area contributed by atoms with Crippen molar-refractivity contribution in [3.05, 3.63) is 53.1 Å². The first kappa shape index (κ1) is 15.7. The number of halogens is 1. The summed E-state index contributed by atoms with van der Waals surface area (Å²) in [4.78, 5) is 15.6. The lowest BCUT2D eigenvalue weighted by atomic mass is 9.90. The first-order valence-corrected chi connectivity index (χ1v) is 9.34. The maximum absolute atomic E-state index is 12.9. The second-order valence-corrected chi connectivity index (χ2v) is 7.46. The largest absolute Gasteiger partial charge is 0.467 e. The van der Waals surface area contributed by atoms with Crippen LogP contribution >= 0.6 is 23.4 Å². The van der Waals surface area contributed by atoms with E-state index in [1.807, 2.05) is 55.6 Å². The van der Waals surface area contributed by atoms with Gasteiger partial charge in [-0.1, -0.05) is 23.7 Å². The molecule has 2 atom stereocenters.